The molecule has 8 heteroatoms. The minimum atomic E-state index is -2.34. The number of aliphatic hydroxyl groups is 2. The van der Waals surface area contributed by atoms with Gasteiger partial charge in [-0.15, -0.1) is 0 Å². The van der Waals surface area contributed by atoms with Crippen molar-refractivity contribution in [2.45, 2.75) is 12.2 Å². The molecule has 0 aliphatic heterocycles. The maximum absolute atomic E-state index is 13.1. The summed E-state index contributed by atoms with van der Waals surface area (Å²) in [5.74, 6) is -11.1. The highest BCUT2D eigenvalue weighted by molar-refractivity contribution is 5.26. The Kier molecular flexibility index (Phi) is 4.02. The summed E-state index contributed by atoms with van der Waals surface area (Å²) in [5, 5.41) is 18.3. The van der Waals surface area contributed by atoms with E-state index in [1.165, 1.54) is 0 Å². The second kappa shape index (κ2) is 4.94. The maximum atomic E-state index is 13.1. The van der Waals surface area contributed by atoms with Crippen LogP contribution >= 0.6 is 0 Å². The highest BCUT2D eigenvalue weighted by Crippen LogP contribution is 2.29. The summed E-state index contributed by atoms with van der Waals surface area (Å²) in [5.41, 5.74) is 3.40. The first kappa shape index (κ1) is 13.8. The highest BCUT2D eigenvalue weighted by atomic mass is 19.2. The second-order valence-corrected chi connectivity index (χ2v) is 3.23. The zero-order valence-electron chi connectivity index (χ0n) is 8.22. The number of hydrogen-bond donors (Lipinski definition) is 3. The lowest BCUT2D eigenvalue weighted by atomic mass is 10.0. The molecule has 0 fully saturated rings. The van der Waals surface area contributed by atoms with E-state index in [0.717, 1.165) is 0 Å². The summed E-state index contributed by atoms with van der Waals surface area (Å²) in [6, 6.07) is 0. The van der Waals surface area contributed by atoms with E-state index in [1.807, 2.05) is 0 Å². The van der Waals surface area contributed by atoms with E-state index in [2.05, 4.69) is 0 Å². The minimum Gasteiger partial charge on any atom is -0.389 e. The van der Waals surface area contributed by atoms with Crippen molar-refractivity contribution >= 4 is 0 Å². The van der Waals surface area contributed by atoms with E-state index in [-0.39, 0.29) is 0 Å². The van der Waals surface area contributed by atoms with Gasteiger partial charge in [0.15, 0.2) is 23.3 Å². The molecule has 96 valence electrons. The summed E-state index contributed by atoms with van der Waals surface area (Å²) in [6.45, 7) is -0.610. The molecule has 2 atom stereocenters. The van der Waals surface area contributed by atoms with Crippen LogP contribution in [0.3, 0.4) is 0 Å². The zero-order valence-corrected chi connectivity index (χ0v) is 8.22. The molecule has 1 rings (SSSR count). The van der Waals surface area contributed by atoms with E-state index >= 15 is 0 Å². The van der Waals surface area contributed by atoms with Crippen molar-refractivity contribution in [2.24, 2.45) is 5.73 Å². The predicted molar refractivity (Wildman–Crippen MR) is 46.3 cm³/mol. The van der Waals surface area contributed by atoms with Gasteiger partial charge in [0, 0.05) is 6.54 Å². The molecule has 0 aliphatic carbocycles. The Morgan fingerprint density at radius 3 is 1.53 bits per heavy atom. The Hall–Kier alpha value is -1.25. The molecule has 0 aromatic heterocycles. The van der Waals surface area contributed by atoms with Gasteiger partial charge in [0.2, 0.25) is 5.82 Å². The molecule has 0 aliphatic rings. The van der Waals surface area contributed by atoms with Crippen LogP contribution in [0.25, 0.3) is 0 Å². The van der Waals surface area contributed by atoms with Crippen molar-refractivity contribution in [1.82, 2.24) is 0 Å². The van der Waals surface area contributed by atoms with Gasteiger partial charge in [0.25, 0.3) is 0 Å². The normalized spacial score (nSPS) is 14.8. The van der Waals surface area contributed by atoms with Gasteiger partial charge in [-0.1, -0.05) is 0 Å². The van der Waals surface area contributed by atoms with Crippen molar-refractivity contribution < 1.29 is 32.2 Å². The van der Waals surface area contributed by atoms with Crippen LogP contribution in [0.5, 0.6) is 0 Å². The van der Waals surface area contributed by atoms with Gasteiger partial charge in [-0.3, -0.25) is 0 Å². The number of halogens is 5. The van der Waals surface area contributed by atoms with Gasteiger partial charge in [-0.05, 0) is 0 Å². The highest BCUT2D eigenvalue weighted by Gasteiger charge is 2.32. The average Bonchev–Trinajstić information content (AvgIpc) is 2.32. The quantitative estimate of drug-likeness (QED) is 0.425. The number of aliphatic hydroxyl groups excluding tert-OH is 2. The van der Waals surface area contributed by atoms with Crippen molar-refractivity contribution in [2.75, 3.05) is 6.54 Å². The van der Waals surface area contributed by atoms with Crippen LogP contribution in [0.1, 0.15) is 11.7 Å². The van der Waals surface area contributed by atoms with Crippen LogP contribution in [-0.4, -0.2) is 22.9 Å². The topological polar surface area (TPSA) is 66.5 Å². The number of nitrogens with two attached hydrogens (primary N) is 1. The molecule has 0 bridgehead atoms. The first-order valence-electron chi connectivity index (χ1n) is 4.40. The summed E-state index contributed by atoms with van der Waals surface area (Å²) in [7, 11) is 0. The minimum absolute atomic E-state index is 0.610. The maximum Gasteiger partial charge on any atom is 0.200 e. The van der Waals surface area contributed by atoms with Gasteiger partial charge in [0.05, 0.1) is 11.7 Å². The monoisotopic (exact) mass is 257 g/mol. The van der Waals surface area contributed by atoms with E-state index in [9.17, 15) is 27.1 Å². The number of benzene rings is 1. The lowest BCUT2D eigenvalue weighted by Crippen LogP contribution is -2.29. The van der Waals surface area contributed by atoms with Crippen molar-refractivity contribution in [3.05, 3.63) is 34.6 Å². The fourth-order valence-corrected chi connectivity index (χ4v) is 1.20. The molecule has 0 saturated heterocycles. The first-order valence-corrected chi connectivity index (χ1v) is 4.40. The molecule has 2 unspecified atom stereocenters. The molecule has 3 nitrogen and oxygen atoms in total. The fourth-order valence-electron chi connectivity index (χ4n) is 1.20. The lowest BCUT2D eigenvalue weighted by Gasteiger charge is -2.18. The molecule has 1 aromatic carbocycles. The van der Waals surface area contributed by atoms with Gasteiger partial charge in [-0.25, -0.2) is 22.0 Å². The molecule has 0 spiro atoms. The molecule has 17 heavy (non-hydrogen) atoms. The van der Waals surface area contributed by atoms with Crippen molar-refractivity contribution in [1.29, 1.82) is 0 Å². The van der Waals surface area contributed by atoms with Crippen LogP contribution in [0.4, 0.5) is 22.0 Å². The molecule has 1 aromatic rings. The van der Waals surface area contributed by atoms with Gasteiger partial charge in [-0.2, -0.15) is 0 Å². The summed E-state index contributed by atoms with van der Waals surface area (Å²) >= 11 is 0. The average molecular weight is 257 g/mol. The lowest BCUT2D eigenvalue weighted by molar-refractivity contribution is 0.0187. The van der Waals surface area contributed by atoms with E-state index in [1.54, 1.807) is 0 Å². The summed E-state index contributed by atoms with van der Waals surface area (Å²) in [6.07, 6.45) is -4.15. The second-order valence-electron chi connectivity index (χ2n) is 3.23. The van der Waals surface area contributed by atoms with Crippen LogP contribution in [0.15, 0.2) is 0 Å². The Morgan fingerprint density at radius 2 is 1.18 bits per heavy atom. The third-order valence-electron chi connectivity index (χ3n) is 2.15. The molecule has 0 radical (unpaired) electrons. The largest absolute Gasteiger partial charge is 0.389 e. The molecular formula is C9H8F5NO2. The molecular weight excluding hydrogens is 249 g/mol. The van der Waals surface area contributed by atoms with Crippen molar-refractivity contribution in [3.63, 3.8) is 0 Å². The SMILES string of the molecule is NCC(O)C(O)c1c(F)c(F)c(F)c(F)c1F. The van der Waals surface area contributed by atoms with E-state index < -0.39 is 53.4 Å². The number of rotatable bonds is 3. The van der Waals surface area contributed by atoms with E-state index in [4.69, 9.17) is 10.8 Å². The summed E-state index contributed by atoms with van der Waals surface area (Å²) < 4.78 is 64.4. The van der Waals surface area contributed by atoms with Crippen LogP contribution < -0.4 is 5.73 Å². The third-order valence-corrected chi connectivity index (χ3v) is 2.15. The predicted octanol–water partition coefficient (Wildman–Crippen LogP) is 0.735. The Balaban J connectivity index is 3.44. The van der Waals surface area contributed by atoms with E-state index in [0.29, 0.717) is 0 Å². The van der Waals surface area contributed by atoms with Gasteiger partial charge >= 0.3 is 0 Å². The Labute approximate surface area is 92.3 Å². The Bertz CT molecular complexity index is 411. The number of hydrogen-bond acceptors (Lipinski definition) is 3. The third kappa shape index (κ3) is 2.24. The van der Waals surface area contributed by atoms with Crippen LogP contribution in [0, 0.1) is 29.1 Å². The first-order chi connectivity index (χ1) is 7.82. The standard InChI is InChI=1S/C9H8F5NO2/c10-4-3(9(17)2(16)1-15)5(11)7(13)8(14)6(4)12/h2,9,16-17H,1,15H2. The molecule has 0 heterocycles. The van der Waals surface area contributed by atoms with Crippen LogP contribution in [-0.2, 0) is 0 Å². The molecule has 0 amide bonds. The Morgan fingerprint density at radius 1 is 0.824 bits per heavy atom. The van der Waals surface area contributed by atoms with Gasteiger partial charge in [0.1, 0.15) is 6.10 Å². The van der Waals surface area contributed by atoms with Crippen molar-refractivity contribution in [3.8, 4) is 0 Å². The smallest absolute Gasteiger partial charge is 0.200 e. The van der Waals surface area contributed by atoms with Crippen LogP contribution in [0.2, 0.25) is 0 Å². The molecule has 0 saturated carbocycles. The fraction of sp³-hybridized carbons (Fsp3) is 0.333. The zero-order chi connectivity index (χ0) is 13.3. The molecule has 4 N–H and O–H groups in total. The van der Waals surface area contributed by atoms with Gasteiger partial charge < -0.3 is 15.9 Å². The summed E-state index contributed by atoms with van der Waals surface area (Å²) in [4.78, 5) is 0.